The molecule has 19 heavy (non-hydrogen) atoms. The van der Waals surface area contributed by atoms with E-state index in [-0.39, 0.29) is 0 Å². The van der Waals surface area contributed by atoms with E-state index in [4.69, 9.17) is 23.2 Å². The lowest BCUT2D eigenvalue weighted by Crippen LogP contribution is -1.94. The molecular weight excluding hydrogens is 303 g/mol. The van der Waals surface area contributed by atoms with Crippen LogP contribution in [0.25, 0.3) is 0 Å². The van der Waals surface area contributed by atoms with E-state index >= 15 is 0 Å². The Hall–Kier alpha value is -1.29. The highest BCUT2D eigenvalue weighted by Crippen LogP contribution is 2.33. The van der Waals surface area contributed by atoms with Crippen LogP contribution in [0.5, 0.6) is 0 Å². The molecule has 0 saturated carbocycles. The van der Waals surface area contributed by atoms with E-state index in [9.17, 15) is 9.59 Å². The second-order valence-corrected chi connectivity index (χ2v) is 5.41. The molecule has 0 amide bonds. The van der Waals surface area contributed by atoms with Crippen LogP contribution in [-0.2, 0) is 0 Å². The van der Waals surface area contributed by atoms with E-state index in [1.54, 1.807) is 48.5 Å². The van der Waals surface area contributed by atoms with Gasteiger partial charge >= 0.3 is 0 Å². The third kappa shape index (κ3) is 3.38. The van der Waals surface area contributed by atoms with Crippen LogP contribution >= 0.6 is 35.0 Å². The lowest BCUT2D eigenvalue weighted by Gasteiger charge is -2.08. The van der Waals surface area contributed by atoms with Gasteiger partial charge in [0.1, 0.15) is 0 Å². The first-order valence-corrected chi connectivity index (χ1v) is 6.92. The Morgan fingerprint density at radius 1 is 0.737 bits per heavy atom. The Bertz CT molecular complexity index is 585. The van der Waals surface area contributed by atoms with Crippen molar-refractivity contribution in [2.24, 2.45) is 0 Å². The molecule has 2 nitrogen and oxygen atoms in total. The molecule has 2 rings (SSSR count). The molecule has 0 unspecified atom stereocenters. The smallest absolute Gasteiger partial charge is 0.253 e. The maximum atomic E-state index is 11.3. The zero-order valence-corrected chi connectivity index (χ0v) is 11.9. The van der Waals surface area contributed by atoms with Crippen LogP contribution in [0.2, 0.25) is 0 Å². The second kappa shape index (κ2) is 6.24. The molecule has 96 valence electrons. The highest BCUT2D eigenvalue weighted by molar-refractivity contribution is 7.99. The molecular formula is C14H8Cl2O2S. The molecule has 0 radical (unpaired) electrons. The zero-order chi connectivity index (χ0) is 13.8. The van der Waals surface area contributed by atoms with Crippen molar-refractivity contribution >= 4 is 45.4 Å². The summed E-state index contributed by atoms with van der Waals surface area (Å²) in [7, 11) is 0. The summed E-state index contributed by atoms with van der Waals surface area (Å²) >= 11 is 12.4. The molecule has 0 spiro atoms. The summed E-state index contributed by atoms with van der Waals surface area (Å²) in [6.07, 6.45) is 0. The Kier molecular flexibility index (Phi) is 4.64. The molecule has 0 aliphatic rings. The Morgan fingerprint density at radius 2 is 1.11 bits per heavy atom. The summed E-state index contributed by atoms with van der Waals surface area (Å²) < 4.78 is 0. The number of benzene rings is 2. The molecule has 0 aromatic heterocycles. The van der Waals surface area contributed by atoms with Crippen LogP contribution in [0.1, 0.15) is 20.7 Å². The molecule has 0 bridgehead atoms. The maximum Gasteiger partial charge on any atom is 0.253 e. The van der Waals surface area contributed by atoms with E-state index in [0.29, 0.717) is 20.9 Å². The van der Waals surface area contributed by atoms with Gasteiger partial charge < -0.3 is 0 Å². The minimum atomic E-state index is -0.530. The van der Waals surface area contributed by atoms with Gasteiger partial charge in [-0.1, -0.05) is 36.0 Å². The summed E-state index contributed by atoms with van der Waals surface area (Å²) in [6.45, 7) is 0. The van der Waals surface area contributed by atoms with Crippen molar-refractivity contribution in [3.63, 3.8) is 0 Å². The van der Waals surface area contributed by atoms with Crippen molar-refractivity contribution in [3.8, 4) is 0 Å². The molecule has 0 aliphatic carbocycles. The van der Waals surface area contributed by atoms with E-state index < -0.39 is 10.5 Å². The molecule has 0 saturated heterocycles. The van der Waals surface area contributed by atoms with Gasteiger partial charge in [-0.25, -0.2) is 0 Å². The summed E-state index contributed by atoms with van der Waals surface area (Å²) in [6, 6.07) is 13.9. The summed E-state index contributed by atoms with van der Waals surface area (Å²) in [4.78, 5) is 24.0. The molecule has 0 fully saturated rings. The van der Waals surface area contributed by atoms with E-state index in [0.717, 1.165) is 0 Å². The fourth-order valence-electron chi connectivity index (χ4n) is 1.55. The molecule has 2 aromatic carbocycles. The Morgan fingerprint density at radius 3 is 1.47 bits per heavy atom. The molecule has 0 N–H and O–H groups in total. The first-order valence-electron chi connectivity index (χ1n) is 5.35. The number of halogens is 2. The van der Waals surface area contributed by atoms with Gasteiger partial charge in [0.15, 0.2) is 0 Å². The lowest BCUT2D eigenvalue weighted by atomic mass is 10.2. The van der Waals surface area contributed by atoms with Crippen LogP contribution in [0.4, 0.5) is 0 Å². The predicted molar refractivity (Wildman–Crippen MR) is 77.4 cm³/mol. The third-order valence-corrected chi connectivity index (χ3v) is 3.98. The Balaban J connectivity index is 2.42. The van der Waals surface area contributed by atoms with Crippen molar-refractivity contribution < 1.29 is 9.59 Å². The van der Waals surface area contributed by atoms with E-state index in [1.165, 1.54) is 11.8 Å². The standard InChI is InChI=1S/C14H8Cl2O2S/c15-13(17)9-5-1-3-7-11(9)19-12-8-4-2-6-10(12)14(16)18/h1-8H. The average molecular weight is 311 g/mol. The first-order chi connectivity index (χ1) is 9.09. The third-order valence-electron chi connectivity index (χ3n) is 2.42. The van der Waals surface area contributed by atoms with Crippen LogP contribution in [0, 0.1) is 0 Å². The average Bonchev–Trinajstić information content (AvgIpc) is 2.39. The zero-order valence-electron chi connectivity index (χ0n) is 9.60. The van der Waals surface area contributed by atoms with Crippen molar-refractivity contribution in [1.29, 1.82) is 0 Å². The number of hydrogen-bond acceptors (Lipinski definition) is 3. The van der Waals surface area contributed by atoms with Gasteiger partial charge in [0.2, 0.25) is 0 Å². The van der Waals surface area contributed by atoms with Crippen molar-refractivity contribution in [1.82, 2.24) is 0 Å². The monoisotopic (exact) mass is 310 g/mol. The van der Waals surface area contributed by atoms with E-state index in [2.05, 4.69) is 0 Å². The quantitative estimate of drug-likeness (QED) is 0.774. The summed E-state index contributed by atoms with van der Waals surface area (Å²) in [5.74, 6) is 0. The van der Waals surface area contributed by atoms with Gasteiger partial charge in [-0.2, -0.15) is 0 Å². The minimum absolute atomic E-state index is 0.408. The van der Waals surface area contributed by atoms with Crippen LogP contribution in [-0.4, -0.2) is 10.5 Å². The largest absolute Gasteiger partial charge is 0.276 e. The second-order valence-electron chi connectivity index (χ2n) is 3.64. The molecule has 5 heteroatoms. The molecule has 0 aliphatic heterocycles. The van der Waals surface area contributed by atoms with Gasteiger partial charge in [-0.3, -0.25) is 9.59 Å². The van der Waals surface area contributed by atoms with Crippen molar-refractivity contribution in [2.75, 3.05) is 0 Å². The molecule has 0 atom stereocenters. The van der Waals surface area contributed by atoms with Gasteiger partial charge in [-0.15, -0.1) is 0 Å². The van der Waals surface area contributed by atoms with Crippen molar-refractivity contribution in [2.45, 2.75) is 9.79 Å². The highest BCUT2D eigenvalue weighted by Gasteiger charge is 2.13. The van der Waals surface area contributed by atoms with Gasteiger partial charge in [-0.05, 0) is 47.5 Å². The number of hydrogen-bond donors (Lipinski definition) is 0. The van der Waals surface area contributed by atoms with Crippen LogP contribution < -0.4 is 0 Å². The van der Waals surface area contributed by atoms with E-state index in [1.807, 2.05) is 0 Å². The minimum Gasteiger partial charge on any atom is -0.276 e. The number of rotatable bonds is 4. The van der Waals surface area contributed by atoms with Crippen LogP contribution in [0.3, 0.4) is 0 Å². The predicted octanol–water partition coefficient (Wildman–Crippen LogP) is 4.60. The van der Waals surface area contributed by atoms with Crippen molar-refractivity contribution in [3.05, 3.63) is 59.7 Å². The summed E-state index contributed by atoms with van der Waals surface area (Å²) in [5.41, 5.74) is 0.817. The maximum absolute atomic E-state index is 11.3. The number of carbonyl (C=O) groups is 2. The number of carbonyl (C=O) groups excluding carboxylic acids is 2. The normalized spacial score (nSPS) is 10.2. The lowest BCUT2D eigenvalue weighted by molar-refractivity contribution is 0.107. The molecule has 2 aromatic rings. The summed E-state index contributed by atoms with van der Waals surface area (Å²) in [5, 5.41) is -1.06. The Labute approximate surface area is 124 Å². The SMILES string of the molecule is O=C(Cl)c1ccccc1Sc1ccccc1C(=O)Cl. The van der Waals surface area contributed by atoms with Gasteiger partial charge in [0.25, 0.3) is 10.5 Å². The fraction of sp³-hybridized carbons (Fsp3) is 0. The first kappa shape index (κ1) is 14.1. The van der Waals surface area contributed by atoms with Gasteiger partial charge in [0.05, 0.1) is 0 Å². The van der Waals surface area contributed by atoms with Gasteiger partial charge in [0, 0.05) is 20.9 Å². The highest BCUT2D eigenvalue weighted by atomic mass is 35.5. The fourth-order valence-corrected chi connectivity index (χ4v) is 3.07. The van der Waals surface area contributed by atoms with Crippen LogP contribution in [0.15, 0.2) is 58.3 Å². The molecule has 0 heterocycles. The topological polar surface area (TPSA) is 34.1 Å².